The molecule has 2 nitrogen and oxygen atoms in total. The maximum Gasteiger partial charge on any atom is 0.0708 e. The van der Waals surface area contributed by atoms with E-state index in [1.165, 1.54) is 0 Å². The van der Waals surface area contributed by atoms with Gasteiger partial charge in [-0.15, -0.1) is 0 Å². The lowest BCUT2D eigenvalue weighted by molar-refractivity contribution is 0.903. The molecule has 0 radical (unpaired) electrons. The molecule has 0 aliphatic rings. The molecule has 8 heavy (non-hydrogen) atoms. The fraction of sp³-hybridized carbons (Fsp3) is 0.600. The largest absolute Gasteiger partial charge is 0.313 e. The molecule has 0 aliphatic carbocycles. The van der Waals surface area contributed by atoms with Crippen LogP contribution in [0.3, 0.4) is 0 Å². The predicted octanol–water partition coefficient (Wildman–Crippen LogP) is 0.972. The summed E-state index contributed by atoms with van der Waals surface area (Å²) in [7, 11) is 1.75. The fourth-order valence-corrected chi connectivity index (χ4v) is 0.292. The normalized spacial score (nSPS) is 11.1. The van der Waals surface area contributed by atoms with Crippen molar-refractivity contribution in [1.29, 1.82) is 0 Å². The summed E-state index contributed by atoms with van der Waals surface area (Å²) in [6, 6.07) is 0. The predicted molar refractivity (Wildman–Crippen MR) is 40.4 cm³/mol. The number of nitrogens with zero attached hydrogens (tertiary/aromatic N) is 1. The minimum absolute atomic E-state index is 0.833. The monoisotopic (exact) mass is 130 g/mol. The summed E-state index contributed by atoms with van der Waals surface area (Å²) in [6.45, 7) is 3.73. The Balaban J connectivity index is 3.80. The molecule has 0 amide bonds. The van der Waals surface area contributed by atoms with Gasteiger partial charge in [0.15, 0.2) is 0 Å². The van der Waals surface area contributed by atoms with Gasteiger partial charge >= 0.3 is 0 Å². The van der Waals surface area contributed by atoms with Gasteiger partial charge in [0.2, 0.25) is 0 Å². The van der Waals surface area contributed by atoms with Crippen LogP contribution in [0.15, 0.2) is 5.10 Å². The van der Waals surface area contributed by atoms with Crippen LogP contribution in [0.5, 0.6) is 0 Å². The highest BCUT2D eigenvalue weighted by Crippen LogP contribution is 1.79. The van der Waals surface area contributed by atoms with Crippen LogP contribution in [0.2, 0.25) is 0 Å². The molecule has 1 N–H and O–H groups in total. The van der Waals surface area contributed by atoms with E-state index in [0.717, 1.165) is 10.6 Å². The Labute approximate surface area is 55.0 Å². The summed E-state index contributed by atoms with van der Waals surface area (Å²) >= 11 is 4.81. The topological polar surface area (TPSA) is 24.4 Å². The van der Waals surface area contributed by atoms with Gasteiger partial charge in [0.25, 0.3) is 0 Å². The quantitative estimate of drug-likeness (QED) is 0.342. The molecular weight excluding hydrogens is 120 g/mol. The zero-order valence-corrected chi connectivity index (χ0v) is 6.17. The summed E-state index contributed by atoms with van der Waals surface area (Å²) in [4.78, 5) is 0.833. The maximum absolute atomic E-state index is 4.81. The Bertz CT molecular complexity index is 118. The average molecular weight is 130 g/mol. The lowest BCUT2D eigenvalue weighted by atomic mass is 10.3. The van der Waals surface area contributed by atoms with Crippen molar-refractivity contribution in [1.82, 2.24) is 5.43 Å². The minimum atomic E-state index is 0.833. The zero-order valence-electron chi connectivity index (χ0n) is 5.36. The molecule has 0 aromatic heterocycles. The van der Waals surface area contributed by atoms with Gasteiger partial charge in [0.1, 0.15) is 0 Å². The lowest BCUT2D eigenvalue weighted by Crippen LogP contribution is -2.07. The fourth-order valence-electron chi connectivity index (χ4n) is 0.246. The van der Waals surface area contributed by atoms with Crippen LogP contribution < -0.4 is 5.43 Å². The molecule has 0 saturated heterocycles. The van der Waals surface area contributed by atoms with Crippen molar-refractivity contribution in [3.8, 4) is 0 Å². The van der Waals surface area contributed by atoms with E-state index in [9.17, 15) is 0 Å². The molecule has 0 aromatic rings. The highest BCUT2D eigenvalue weighted by molar-refractivity contribution is 7.82. The Hall–Kier alpha value is -0.440. The molecule has 0 heterocycles. The van der Waals surface area contributed by atoms with E-state index in [0.29, 0.717) is 0 Å². The Morgan fingerprint density at radius 2 is 2.00 bits per heavy atom. The van der Waals surface area contributed by atoms with Crippen LogP contribution in [0.25, 0.3) is 0 Å². The smallest absolute Gasteiger partial charge is 0.0708 e. The molecule has 0 bridgehead atoms. The number of hydrogen-bond donors (Lipinski definition) is 1. The molecule has 3 heteroatoms. The van der Waals surface area contributed by atoms with Crippen LogP contribution in [0.4, 0.5) is 0 Å². The lowest BCUT2D eigenvalue weighted by Gasteiger charge is -1.92. The van der Waals surface area contributed by atoms with Gasteiger partial charge in [-0.05, 0) is 13.8 Å². The number of nitrogens with one attached hydrogen (secondary N) is 1. The third-order valence-electron chi connectivity index (χ3n) is 0.789. The van der Waals surface area contributed by atoms with Crippen molar-refractivity contribution in [3.63, 3.8) is 0 Å². The summed E-state index contributed by atoms with van der Waals surface area (Å²) in [5.74, 6) is 0. The summed E-state index contributed by atoms with van der Waals surface area (Å²) in [5, 5.41) is 3.85. The maximum atomic E-state index is 4.81. The molecule has 0 atom stereocenters. The summed E-state index contributed by atoms with van der Waals surface area (Å²) in [6.07, 6.45) is 0. The van der Waals surface area contributed by atoms with Crippen molar-refractivity contribution in [3.05, 3.63) is 0 Å². The van der Waals surface area contributed by atoms with Crippen molar-refractivity contribution in [2.75, 3.05) is 7.05 Å². The van der Waals surface area contributed by atoms with Gasteiger partial charge in [-0.2, -0.15) is 5.10 Å². The van der Waals surface area contributed by atoms with Gasteiger partial charge in [-0.1, -0.05) is 12.2 Å². The number of thiocarbonyl (C=S) groups is 1. The second kappa shape index (κ2) is 3.55. The zero-order chi connectivity index (χ0) is 6.57. The molecule has 0 fully saturated rings. The first kappa shape index (κ1) is 7.56. The van der Waals surface area contributed by atoms with Crippen molar-refractivity contribution in [2.45, 2.75) is 13.8 Å². The molecule has 0 aliphatic heterocycles. The molecule has 0 aromatic carbocycles. The second-order valence-electron chi connectivity index (χ2n) is 1.48. The highest BCUT2D eigenvalue weighted by atomic mass is 32.1. The molecule has 0 saturated carbocycles. The Kier molecular flexibility index (Phi) is 3.35. The van der Waals surface area contributed by atoms with E-state index in [4.69, 9.17) is 12.2 Å². The van der Waals surface area contributed by atoms with E-state index < -0.39 is 0 Å². The molecule has 0 rings (SSSR count). The van der Waals surface area contributed by atoms with Gasteiger partial charge in [0.05, 0.1) is 5.71 Å². The van der Waals surface area contributed by atoms with Crippen LogP contribution in [0.1, 0.15) is 13.8 Å². The van der Waals surface area contributed by atoms with Crippen LogP contribution in [-0.4, -0.2) is 17.6 Å². The standard InChI is InChI=1S/C5H10N2S/c1-4(5(2)8)7-6-3/h6H,1-3H3/b7-4-. The van der Waals surface area contributed by atoms with E-state index >= 15 is 0 Å². The summed E-state index contributed by atoms with van der Waals surface area (Å²) < 4.78 is 0. The van der Waals surface area contributed by atoms with Crippen LogP contribution in [0, 0.1) is 0 Å². The van der Waals surface area contributed by atoms with Gasteiger partial charge in [-0.3, -0.25) is 0 Å². The second-order valence-corrected chi connectivity index (χ2v) is 2.09. The third-order valence-corrected chi connectivity index (χ3v) is 1.08. The first-order chi connectivity index (χ1) is 3.68. The Morgan fingerprint density at radius 3 is 2.12 bits per heavy atom. The van der Waals surface area contributed by atoms with Gasteiger partial charge in [-0.25, -0.2) is 0 Å². The minimum Gasteiger partial charge on any atom is -0.313 e. The van der Waals surface area contributed by atoms with E-state index in [-0.39, 0.29) is 0 Å². The van der Waals surface area contributed by atoms with Gasteiger partial charge < -0.3 is 5.43 Å². The highest BCUT2D eigenvalue weighted by Gasteiger charge is 1.88. The Morgan fingerprint density at radius 1 is 1.50 bits per heavy atom. The summed E-state index contributed by atoms with van der Waals surface area (Å²) in [5.41, 5.74) is 3.53. The van der Waals surface area contributed by atoms with Crippen LogP contribution >= 0.6 is 12.2 Å². The van der Waals surface area contributed by atoms with E-state index in [1.807, 2.05) is 13.8 Å². The van der Waals surface area contributed by atoms with E-state index in [2.05, 4.69) is 10.5 Å². The molecule has 0 unspecified atom stereocenters. The molecular formula is C5H10N2S. The molecule has 0 spiro atoms. The van der Waals surface area contributed by atoms with Crippen LogP contribution in [-0.2, 0) is 0 Å². The van der Waals surface area contributed by atoms with Crippen molar-refractivity contribution < 1.29 is 0 Å². The first-order valence-electron chi connectivity index (χ1n) is 2.40. The third kappa shape index (κ3) is 2.69. The number of rotatable bonds is 2. The van der Waals surface area contributed by atoms with Crippen molar-refractivity contribution >= 4 is 22.8 Å². The number of hydrazone groups is 1. The van der Waals surface area contributed by atoms with Crippen molar-refractivity contribution in [2.24, 2.45) is 5.10 Å². The average Bonchev–Trinajstić information content (AvgIpc) is 1.67. The first-order valence-corrected chi connectivity index (χ1v) is 2.81. The molecule has 46 valence electrons. The number of hydrogen-bond acceptors (Lipinski definition) is 3. The van der Waals surface area contributed by atoms with Gasteiger partial charge in [0, 0.05) is 11.9 Å². The SMILES string of the molecule is CN/N=C(/C)C(C)=S. The van der Waals surface area contributed by atoms with E-state index in [1.54, 1.807) is 7.05 Å².